The third-order valence-electron chi connectivity index (χ3n) is 3.75. The van der Waals surface area contributed by atoms with Crippen LogP contribution in [0.3, 0.4) is 0 Å². The van der Waals surface area contributed by atoms with Crippen LogP contribution in [0.1, 0.15) is 42.7 Å². The summed E-state index contributed by atoms with van der Waals surface area (Å²) >= 11 is 0. The first-order valence-corrected chi connectivity index (χ1v) is 8.05. The van der Waals surface area contributed by atoms with Crippen LogP contribution < -0.4 is 10.1 Å². The molecule has 0 fully saturated rings. The predicted molar refractivity (Wildman–Crippen MR) is 94.1 cm³/mol. The first-order valence-electron chi connectivity index (χ1n) is 8.05. The van der Waals surface area contributed by atoms with Crippen molar-refractivity contribution in [3.63, 3.8) is 0 Å². The van der Waals surface area contributed by atoms with E-state index in [1.54, 1.807) is 24.3 Å². The van der Waals surface area contributed by atoms with Gasteiger partial charge in [-0.15, -0.1) is 0 Å². The Balaban J connectivity index is 1.97. The Hall–Kier alpha value is -2.62. The molecule has 4 heteroatoms. The maximum atomic E-state index is 12.2. The van der Waals surface area contributed by atoms with E-state index in [0.717, 1.165) is 5.56 Å². The van der Waals surface area contributed by atoms with Gasteiger partial charge in [0.1, 0.15) is 5.75 Å². The summed E-state index contributed by atoms with van der Waals surface area (Å²) < 4.78 is 5.51. The van der Waals surface area contributed by atoms with Gasteiger partial charge in [-0.25, -0.2) is 0 Å². The summed E-state index contributed by atoms with van der Waals surface area (Å²) in [7, 11) is 0. The number of ether oxygens (including phenoxy) is 1. The van der Waals surface area contributed by atoms with Crippen molar-refractivity contribution in [1.29, 1.82) is 0 Å². The van der Waals surface area contributed by atoms with Gasteiger partial charge in [0.25, 0.3) is 5.91 Å². The number of benzene rings is 2. The number of nitrogens with one attached hydrogen (secondary N) is 1. The van der Waals surface area contributed by atoms with Crippen molar-refractivity contribution < 1.29 is 14.3 Å². The second kappa shape index (κ2) is 8.29. The van der Waals surface area contributed by atoms with E-state index in [0.29, 0.717) is 11.3 Å². The van der Waals surface area contributed by atoms with Gasteiger partial charge in [-0.05, 0) is 30.5 Å². The lowest BCUT2D eigenvalue weighted by atomic mass is 9.96. The highest BCUT2D eigenvalue weighted by Crippen LogP contribution is 2.21. The molecule has 2 aromatic carbocycles. The molecule has 0 aromatic heterocycles. The Kier molecular flexibility index (Phi) is 6.13. The van der Waals surface area contributed by atoms with Crippen molar-refractivity contribution in [3.05, 3.63) is 65.7 Å². The summed E-state index contributed by atoms with van der Waals surface area (Å²) in [5.41, 5.74) is 1.64. The summed E-state index contributed by atoms with van der Waals surface area (Å²) in [6.07, 6.45) is 0. The van der Waals surface area contributed by atoms with Gasteiger partial charge in [0.05, 0.1) is 6.04 Å². The van der Waals surface area contributed by atoms with Crippen molar-refractivity contribution in [2.75, 3.05) is 6.61 Å². The average molecular weight is 325 g/mol. The van der Waals surface area contributed by atoms with Crippen molar-refractivity contribution in [1.82, 2.24) is 5.32 Å². The molecule has 0 saturated carbocycles. The molecule has 4 nitrogen and oxygen atoms in total. The normalized spacial score (nSPS) is 11.8. The quantitative estimate of drug-likeness (QED) is 0.788. The number of carbonyl (C=O) groups excluding carboxylic acids is 2. The molecule has 1 N–H and O–H groups in total. The summed E-state index contributed by atoms with van der Waals surface area (Å²) in [5.74, 6) is 0.552. The van der Waals surface area contributed by atoms with Crippen molar-refractivity contribution in [2.45, 2.75) is 26.8 Å². The third-order valence-corrected chi connectivity index (χ3v) is 3.75. The highest BCUT2D eigenvalue weighted by molar-refractivity contribution is 5.94. The number of Topliss-reactive ketones (excluding diaryl/α,β-unsaturated/α-hetero) is 1. The summed E-state index contributed by atoms with van der Waals surface area (Å²) in [6, 6.07) is 16.7. The maximum absolute atomic E-state index is 12.2. The molecule has 0 spiro atoms. The first kappa shape index (κ1) is 17.7. The van der Waals surface area contributed by atoms with Gasteiger partial charge in [-0.1, -0.05) is 56.3 Å². The van der Waals surface area contributed by atoms with Crippen LogP contribution >= 0.6 is 0 Å². The maximum Gasteiger partial charge on any atom is 0.258 e. The van der Waals surface area contributed by atoms with Crippen molar-refractivity contribution >= 4 is 11.7 Å². The van der Waals surface area contributed by atoms with Gasteiger partial charge in [0.15, 0.2) is 12.4 Å². The molecule has 1 amide bonds. The van der Waals surface area contributed by atoms with Crippen LogP contribution in [-0.4, -0.2) is 18.3 Å². The Morgan fingerprint density at radius 2 is 1.75 bits per heavy atom. The molecule has 0 saturated heterocycles. The van der Waals surface area contributed by atoms with Crippen molar-refractivity contribution in [3.8, 4) is 5.75 Å². The minimum absolute atomic E-state index is 0.0335. The van der Waals surface area contributed by atoms with E-state index in [1.165, 1.54) is 6.92 Å². The largest absolute Gasteiger partial charge is 0.484 e. The molecule has 2 rings (SSSR count). The van der Waals surface area contributed by atoms with E-state index in [-0.39, 0.29) is 30.3 Å². The molecular weight excluding hydrogens is 302 g/mol. The fraction of sp³-hybridized carbons (Fsp3) is 0.300. The van der Waals surface area contributed by atoms with E-state index in [4.69, 9.17) is 4.74 Å². The molecule has 126 valence electrons. The van der Waals surface area contributed by atoms with E-state index in [9.17, 15) is 9.59 Å². The Bertz CT molecular complexity index is 695. The topological polar surface area (TPSA) is 55.4 Å². The Morgan fingerprint density at radius 1 is 1.04 bits per heavy atom. The zero-order chi connectivity index (χ0) is 17.5. The Labute approximate surface area is 142 Å². The zero-order valence-electron chi connectivity index (χ0n) is 14.3. The molecule has 0 aliphatic rings. The fourth-order valence-corrected chi connectivity index (χ4v) is 2.46. The molecule has 0 heterocycles. The molecule has 0 radical (unpaired) electrons. The first-order chi connectivity index (χ1) is 11.5. The molecule has 0 bridgehead atoms. The lowest BCUT2D eigenvalue weighted by molar-refractivity contribution is -0.124. The van der Waals surface area contributed by atoms with Crippen LogP contribution in [0.2, 0.25) is 0 Å². The lowest BCUT2D eigenvalue weighted by Crippen LogP contribution is -2.35. The van der Waals surface area contributed by atoms with Crippen LogP contribution in [0.25, 0.3) is 0 Å². The molecule has 24 heavy (non-hydrogen) atoms. The molecule has 0 unspecified atom stereocenters. The molecule has 2 aromatic rings. The second-order valence-electron chi connectivity index (χ2n) is 6.07. The standard InChI is InChI=1S/C20H23NO3/c1-14(2)20(16-8-5-4-6-9-16)21-19(23)13-24-18-11-7-10-17(12-18)15(3)22/h4-12,14,20H,13H2,1-3H3,(H,21,23)/t20-/m0/s1. The van der Waals surface area contributed by atoms with Crippen LogP contribution in [0.4, 0.5) is 0 Å². The summed E-state index contributed by atoms with van der Waals surface area (Å²) in [5, 5.41) is 3.01. The third kappa shape index (κ3) is 4.95. The fourth-order valence-electron chi connectivity index (χ4n) is 2.46. The van der Waals surface area contributed by atoms with Gasteiger partial charge in [-0.2, -0.15) is 0 Å². The van der Waals surface area contributed by atoms with E-state index >= 15 is 0 Å². The Morgan fingerprint density at radius 3 is 2.38 bits per heavy atom. The number of rotatable bonds is 7. The number of amides is 1. The average Bonchev–Trinajstić information content (AvgIpc) is 2.58. The minimum Gasteiger partial charge on any atom is -0.484 e. The lowest BCUT2D eigenvalue weighted by Gasteiger charge is -2.23. The monoisotopic (exact) mass is 325 g/mol. The summed E-state index contributed by atoms with van der Waals surface area (Å²) in [6.45, 7) is 5.54. The van der Waals surface area contributed by atoms with Crippen molar-refractivity contribution in [2.24, 2.45) is 5.92 Å². The molecule has 0 aliphatic heterocycles. The molecule has 0 aliphatic carbocycles. The van der Waals surface area contributed by atoms with E-state index < -0.39 is 0 Å². The van der Waals surface area contributed by atoms with Crippen LogP contribution in [0.15, 0.2) is 54.6 Å². The van der Waals surface area contributed by atoms with Gasteiger partial charge >= 0.3 is 0 Å². The summed E-state index contributed by atoms with van der Waals surface area (Å²) in [4.78, 5) is 23.6. The number of hydrogen-bond acceptors (Lipinski definition) is 3. The van der Waals surface area contributed by atoms with E-state index in [1.807, 2.05) is 30.3 Å². The van der Waals surface area contributed by atoms with Gasteiger partial charge in [0, 0.05) is 5.56 Å². The van der Waals surface area contributed by atoms with E-state index in [2.05, 4.69) is 19.2 Å². The smallest absolute Gasteiger partial charge is 0.258 e. The second-order valence-corrected chi connectivity index (χ2v) is 6.07. The van der Waals surface area contributed by atoms with Crippen LogP contribution in [-0.2, 0) is 4.79 Å². The van der Waals surface area contributed by atoms with Gasteiger partial charge in [0.2, 0.25) is 0 Å². The number of hydrogen-bond donors (Lipinski definition) is 1. The predicted octanol–water partition coefficient (Wildman–Crippen LogP) is 3.78. The molecule has 1 atom stereocenters. The number of carbonyl (C=O) groups is 2. The zero-order valence-corrected chi connectivity index (χ0v) is 14.3. The SMILES string of the molecule is CC(=O)c1cccc(OCC(=O)N[C@H](c2ccccc2)C(C)C)c1. The minimum atomic E-state index is -0.189. The van der Waals surface area contributed by atoms with Gasteiger partial charge in [-0.3, -0.25) is 9.59 Å². The highest BCUT2D eigenvalue weighted by Gasteiger charge is 2.18. The van der Waals surface area contributed by atoms with Crippen LogP contribution in [0, 0.1) is 5.92 Å². The molecular formula is C20H23NO3. The number of ketones is 1. The van der Waals surface area contributed by atoms with Crippen LogP contribution in [0.5, 0.6) is 5.75 Å². The van der Waals surface area contributed by atoms with Gasteiger partial charge < -0.3 is 10.1 Å². The highest BCUT2D eigenvalue weighted by atomic mass is 16.5.